The molecule has 0 N–H and O–H groups in total. The summed E-state index contributed by atoms with van der Waals surface area (Å²) >= 11 is 1.88. The van der Waals surface area contributed by atoms with Crippen LogP contribution in [0.5, 0.6) is 0 Å². The van der Waals surface area contributed by atoms with Gasteiger partial charge in [-0.25, -0.2) is 0 Å². The largest absolute Gasteiger partial charge is 0.148 e. The molecule has 0 bridgehead atoms. The molecule has 1 aromatic rings. The molecule has 14 heavy (non-hydrogen) atoms. The van der Waals surface area contributed by atoms with Crippen molar-refractivity contribution in [3.63, 3.8) is 0 Å². The highest BCUT2D eigenvalue weighted by atomic mass is 32.1. The zero-order valence-electron chi connectivity index (χ0n) is 9.47. The van der Waals surface area contributed by atoms with Crippen LogP contribution in [-0.2, 0) is 6.42 Å². The predicted octanol–water partition coefficient (Wildman–Crippen LogP) is 4.77. The lowest BCUT2D eigenvalue weighted by atomic mass is 9.97. The van der Waals surface area contributed by atoms with Gasteiger partial charge in [0, 0.05) is 10.8 Å². The standard InChI is InChI=1S/C13H20S/c1-5-6-7-12-8-9-14-13(12)11(4)10(2)3/h8-9,11H,2,5-7H2,1,3-4H3. The Morgan fingerprint density at radius 1 is 1.57 bits per heavy atom. The molecule has 0 saturated heterocycles. The molecule has 0 amide bonds. The van der Waals surface area contributed by atoms with Gasteiger partial charge >= 0.3 is 0 Å². The van der Waals surface area contributed by atoms with E-state index in [1.54, 1.807) is 0 Å². The van der Waals surface area contributed by atoms with Gasteiger partial charge in [-0.1, -0.05) is 32.4 Å². The molecule has 78 valence electrons. The van der Waals surface area contributed by atoms with Gasteiger partial charge in [0.05, 0.1) is 0 Å². The molecule has 0 fully saturated rings. The van der Waals surface area contributed by atoms with Crippen molar-refractivity contribution in [2.75, 3.05) is 0 Å². The zero-order chi connectivity index (χ0) is 10.6. The molecule has 1 unspecified atom stereocenters. The van der Waals surface area contributed by atoms with Gasteiger partial charge in [0.1, 0.15) is 0 Å². The Hall–Kier alpha value is -0.560. The Labute approximate surface area is 91.7 Å². The lowest BCUT2D eigenvalue weighted by Gasteiger charge is -2.11. The lowest BCUT2D eigenvalue weighted by molar-refractivity contribution is 0.782. The minimum absolute atomic E-state index is 0.529. The lowest BCUT2D eigenvalue weighted by Crippen LogP contribution is -1.95. The normalized spacial score (nSPS) is 12.8. The fourth-order valence-corrected chi connectivity index (χ4v) is 2.63. The van der Waals surface area contributed by atoms with Crippen LogP contribution in [0.25, 0.3) is 0 Å². The van der Waals surface area contributed by atoms with E-state index in [0.717, 1.165) is 0 Å². The highest BCUT2D eigenvalue weighted by Crippen LogP contribution is 2.31. The molecule has 0 aromatic carbocycles. The van der Waals surface area contributed by atoms with Crippen molar-refractivity contribution in [1.82, 2.24) is 0 Å². The maximum absolute atomic E-state index is 4.04. The molecular formula is C13H20S. The first-order valence-electron chi connectivity index (χ1n) is 5.38. The van der Waals surface area contributed by atoms with Gasteiger partial charge in [-0.2, -0.15) is 0 Å². The molecule has 0 aliphatic heterocycles. The van der Waals surface area contributed by atoms with Gasteiger partial charge in [-0.15, -0.1) is 11.3 Å². The minimum atomic E-state index is 0.529. The van der Waals surface area contributed by atoms with E-state index in [4.69, 9.17) is 0 Å². The molecule has 0 saturated carbocycles. The van der Waals surface area contributed by atoms with E-state index < -0.39 is 0 Å². The summed E-state index contributed by atoms with van der Waals surface area (Å²) in [6.45, 7) is 10.7. The minimum Gasteiger partial charge on any atom is -0.148 e. The van der Waals surface area contributed by atoms with Crippen LogP contribution in [0.4, 0.5) is 0 Å². The quantitative estimate of drug-likeness (QED) is 0.611. The van der Waals surface area contributed by atoms with Crippen LogP contribution in [0.1, 0.15) is 50.0 Å². The summed E-state index contributed by atoms with van der Waals surface area (Å²) < 4.78 is 0. The van der Waals surface area contributed by atoms with E-state index >= 15 is 0 Å². The van der Waals surface area contributed by atoms with Crippen molar-refractivity contribution in [1.29, 1.82) is 0 Å². The summed E-state index contributed by atoms with van der Waals surface area (Å²) in [6, 6.07) is 2.27. The fraction of sp³-hybridized carbons (Fsp3) is 0.538. The van der Waals surface area contributed by atoms with Gasteiger partial charge < -0.3 is 0 Å². The van der Waals surface area contributed by atoms with Crippen molar-refractivity contribution in [2.24, 2.45) is 0 Å². The molecule has 1 heterocycles. The van der Waals surface area contributed by atoms with Crippen molar-refractivity contribution >= 4 is 11.3 Å². The highest BCUT2D eigenvalue weighted by Gasteiger charge is 2.11. The summed E-state index contributed by atoms with van der Waals surface area (Å²) in [7, 11) is 0. The van der Waals surface area contributed by atoms with E-state index in [2.05, 4.69) is 38.8 Å². The molecule has 0 radical (unpaired) electrons. The Bertz CT molecular complexity index is 296. The van der Waals surface area contributed by atoms with Crippen LogP contribution < -0.4 is 0 Å². The molecule has 0 aliphatic carbocycles. The van der Waals surface area contributed by atoms with E-state index in [0.29, 0.717) is 5.92 Å². The van der Waals surface area contributed by atoms with Crippen LogP contribution in [0.2, 0.25) is 0 Å². The third-order valence-corrected chi connectivity index (χ3v) is 3.85. The number of aryl methyl sites for hydroxylation is 1. The Morgan fingerprint density at radius 2 is 2.29 bits per heavy atom. The number of unbranched alkanes of at least 4 members (excludes halogenated alkanes) is 1. The Balaban J connectivity index is 2.76. The average Bonchev–Trinajstić information content (AvgIpc) is 2.61. The smallest absolute Gasteiger partial charge is 0.0146 e. The number of rotatable bonds is 5. The molecule has 0 spiro atoms. The molecule has 1 atom stereocenters. The summed E-state index contributed by atoms with van der Waals surface area (Å²) in [5.41, 5.74) is 2.80. The summed E-state index contributed by atoms with van der Waals surface area (Å²) in [6.07, 6.45) is 3.80. The molecule has 1 aromatic heterocycles. The molecule has 1 rings (SSSR count). The van der Waals surface area contributed by atoms with Gasteiger partial charge in [0.2, 0.25) is 0 Å². The molecular weight excluding hydrogens is 188 g/mol. The summed E-state index contributed by atoms with van der Waals surface area (Å²) in [5.74, 6) is 0.529. The maximum atomic E-state index is 4.04. The van der Waals surface area contributed by atoms with E-state index in [1.807, 2.05) is 11.3 Å². The molecule has 1 heteroatoms. The Kier molecular flexibility index (Phi) is 4.40. The third-order valence-electron chi connectivity index (χ3n) is 2.71. The van der Waals surface area contributed by atoms with Crippen LogP contribution in [0.15, 0.2) is 23.6 Å². The summed E-state index contributed by atoms with van der Waals surface area (Å²) in [5, 5.41) is 2.21. The highest BCUT2D eigenvalue weighted by molar-refractivity contribution is 7.10. The van der Waals surface area contributed by atoms with Crippen molar-refractivity contribution in [3.8, 4) is 0 Å². The van der Waals surface area contributed by atoms with Crippen molar-refractivity contribution in [2.45, 2.75) is 46.0 Å². The second-order valence-corrected chi connectivity index (χ2v) is 4.93. The summed E-state index contributed by atoms with van der Waals surface area (Å²) in [4.78, 5) is 1.52. The van der Waals surface area contributed by atoms with Gasteiger partial charge in [0.25, 0.3) is 0 Å². The average molecular weight is 208 g/mol. The van der Waals surface area contributed by atoms with Crippen molar-refractivity contribution < 1.29 is 0 Å². The van der Waals surface area contributed by atoms with Crippen LogP contribution in [-0.4, -0.2) is 0 Å². The van der Waals surface area contributed by atoms with E-state index in [-0.39, 0.29) is 0 Å². The maximum Gasteiger partial charge on any atom is 0.0146 e. The molecule has 0 aliphatic rings. The Morgan fingerprint density at radius 3 is 2.86 bits per heavy atom. The first-order valence-corrected chi connectivity index (χ1v) is 6.26. The second kappa shape index (κ2) is 5.35. The van der Waals surface area contributed by atoms with Gasteiger partial charge in [-0.3, -0.25) is 0 Å². The van der Waals surface area contributed by atoms with Gasteiger partial charge in [-0.05, 0) is 36.8 Å². The van der Waals surface area contributed by atoms with Crippen molar-refractivity contribution in [3.05, 3.63) is 34.0 Å². The second-order valence-electron chi connectivity index (χ2n) is 3.98. The SMILES string of the molecule is C=C(C)C(C)c1sccc1CCCC. The number of allylic oxidation sites excluding steroid dienone is 1. The topological polar surface area (TPSA) is 0 Å². The predicted molar refractivity (Wildman–Crippen MR) is 66.2 cm³/mol. The molecule has 0 nitrogen and oxygen atoms in total. The van der Waals surface area contributed by atoms with Crippen LogP contribution in [0.3, 0.4) is 0 Å². The first-order chi connectivity index (χ1) is 6.66. The number of hydrogen-bond donors (Lipinski definition) is 0. The number of thiophene rings is 1. The number of hydrogen-bond acceptors (Lipinski definition) is 1. The van der Waals surface area contributed by atoms with Gasteiger partial charge in [0.15, 0.2) is 0 Å². The monoisotopic (exact) mass is 208 g/mol. The van der Waals surface area contributed by atoms with Crippen LogP contribution >= 0.6 is 11.3 Å². The third kappa shape index (κ3) is 2.71. The fourth-order valence-electron chi connectivity index (χ4n) is 1.52. The van der Waals surface area contributed by atoms with Crippen LogP contribution in [0, 0.1) is 0 Å². The zero-order valence-corrected chi connectivity index (χ0v) is 10.3. The van der Waals surface area contributed by atoms with E-state index in [9.17, 15) is 0 Å². The first kappa shape index (κ1) is 11.5. The van der Waals surface area contributed by atoms with E-state index in [1.165, 1.54) is 35.3 Å².